The van der Waals surface area contributed by atoms with E-state index in [4.69, 9.17) is 14.3 Å². The zero-order chi connectivity index (χ0) is 16.8. The number of nitrogens with one attached hydrogen (secondary N) is 1. The van der Waals surface area contributed by atoms with Crippen molar-refractivity contribution in [2.24, 2.45) is 0 Å². The van der Waals surface area contributed by atoms with Crippen LogP contribution in [0.25, 0.3) is 0 Å². The number of ether oxygens (including phenoxy) is 1. The summed E-state index contributed by atoms with van der Waals surface area (Å²) in [4.78, 5) is 23.1. The Morgan fingerprint density at radius 1 is 1.30 bits per heavy atom. The van der Waals surface area contributed by atoms with Crippen molar-refractivity contribution in [2.75, 3.05) is 6.61 Å². The van der Waals surface area contributed by atoms with Crippen molar-refractivity contribution in [1.82, 2.24) is 5.32 Å². The molecule has 0 spiro atoms. The lowest BCUT2D eigenvalue weighted by atomic mass is 10.2. The summed E-state index contributed by atoms with van der Waals surface area (Å²) in [5.41, 5.74) is 0.574. The first kappa shape index (κ1) is 16.6. The van der Waals surface area contributed by atoms with Gasteiger partial charge in [0.15, 0.2) is 0 Å². The Hall–Kier alpha value is -2.76. The van der Waals surface area contributed by atoms with Crippen LogP contribution in [0.1, 0.15) is 45.6 Å². The summed E-state index contributed by atoms with van der Waals surface area (Å²) in [7, 11) is 0. The van der Waals surface area contributed by atoms with Crippen molar-refractivity contribution in [3.63, 3.8) is 0 Å². The molecule has 0 aliphatic carbocycles. The molecule has 1 amide bonds. The minimum atomic E-state index is -1.05. The van der Waals surface area contributed by atoms with E-state index >= 15 is 0 Å². The number of carbonyl (C=O) groups excluding carboxylic acids is 1. The minimum absolute atomic E-state index is 0.101. The van der Waals surface area contributed by atoms with Gasteiger partial charge < -0.3 is 19.6 Å². The number of carboxylic acid groups (broad SMARTS) is 1. The standard InChI is InChI=1S/C17H19NO5/c1-3-7-22-13-6-4-5-12(8-13)16(19)18-10-14-9-15(17(20)21)11(2)23-14/h4-6,8-9H,3,7,10H2,1-2H3,(H,18,19)(H,20,21). The maximum absolute atomic E-state index is 12.1. The number of hydrogen-bond acceptors (Lipinski definition) is 4. The summed E-state index contributed by atoms with van der Waals surface area (Å²) in [6.07, 6.45) is 0.889. The number of aryl methyl sites for hydroxylation is 1. The number of benzene rings is 1. The Balaban J connectivity index is 1.99. The number of amides is 1. The second kappa shape index (κ2) is 7.49. The van der Waals surface area contributed by atoms with Crippen molar-refractivity contribution in [1.29, 1.82) is 0 Å². The van der Waals surface area contributed by atoms with Gasteiger partial charge >= 0.3 is 5.97 Å². The number of carboxylic acids is 1. The molecule has 1 aromatic heterocycles. The van der Waals surface area contributed by atoms with Gasteiger partial charge in [0.25, 0.3) is 5.91 Å². The molecule has 0 saturated heterocycles. The largest absolute Gasteiger partial charge is 0.494 e. The van der Waals surface area contributed by atoms with Gasteiger partial charge in [0.1, 0.15) is 22.8 Å². The predicted octanol–water partition coefficient (Wildman–Crippen LogP) is 3.01. The van der Waals surface area contributed by atoms with Crippen LogP contribution in [0.5, 0.6) is 5.75 Å². The van der Waals surface area contributed by atoms with Gasteiger partial charge in [0, 0.05) is 5.56 Å². The van der Waals surface area contributed by atoms with Crippen LogP contribution in [0.2, 0.25) is 0 Å². The molecule has 2 N–H and O–H groups in total. The van der Waals surface area contributed by atoms with E-state index < -0.39 is 5.97 Å². The molecule has 0 aliphatic heterocycles. The van der Waals surface area contributed by atoms with E-state index in [9.17, 15) is 9.59 Å². The summed E-state index contributed by atoms with van der Waals surface area (Å²) < 4.78 is 10.8. The highest BCUT2D eigenvalue weighted by Gasteiger charge is 2.14. The Morgan fingerprint density at radius 3 is 2.74 bits per heavy atom. The quantitative estimate of drug-likeness (QED) is 0.819. The lowest BCUT2D eigenvalue weighted by molar-refractivity contribution is 0.0694. The molecule has 0 saturated carbocycles. The molecule has 2 aromatic rings. The van der Waals surface area contributed by atoms with E-state index in [2.05, 4.69) is 5.32 Å². The van der Waals surface area contributed by atoms with Gasteiger partial charge in [-0.2, -0.15) is 0 Å². The van der Waals surface area contributed by atoms with Crippen LogP contribution in [0, 0.1) is 6.92 Å². The van der Waals surface area contributed by atoms with Gasteiger partial charge in [-0.05, 0) is 37.6 Å². The first-order valence-electron chi connectivity index (χ1n) is 7.35. The van der Waals surface area contributed by atoms with Crippen molar-refractivity contribution in [2.45, 2.75) is 26.8 Å². The normalized spacial score (nSPS) is 10.3. The summed E-state index contributed by atoms with van der Waals surface area (Å²) in [5.74, 6) is 0.0207. The van der Waals surface area contributed by atoms with Crippen molar-refractivity contribution in [3.8, 4) is 5.75 Å². The lowest BCUT2D eigenvalue weighted by Gasteiger charge is -2.07. The third kappa shape index (κ3) is 4.35. The molecule has 122 valence electrons. The average molecular weight is 317 g/mol. The lowest BCUT2D eigenvalue weighted by Crippen LogP contribution is -2.22. The molecule has 0 fully saturated rings. The molecule has 0 bridgehead atoms. The Morgan fingerprint density at radius 2 is 2.09 bits per heavy atom. The second-order valence-corrected chi connectivity index (χ2v) is 5.05. The fourth-order valence-corrected chi connectivity index (χ4v) is 2.06. The predicted molar refractivity (Wildman–Crippen MR) is 83.8 cm³/mol. The highest BCUT2D eigenvalue weighted by atomic mass is 16.5. The fraction of sp³-hybridized carbons (Fsp3) is 0.294. The number of rotatable bonds is 7. The van der Waals surface area contributed by atoms with E-state index in [1.165, 1.54) is 6.07 Å². The first-order valence-corrected chi connectivity index (χ1v) is 7.35. The number of hydrogen-bond donors (Lipinski definition) is 2. The molecule has 23 heavy (non-hydrogen) atoms. The van der Waals surface area contributed by atoms with Crippen LogP contribution in [0.15, 0.2) is 34.7 Å². The smallest absolute Gasteiger partial charge is 0.339 e. The van der Waals surface area contributed by atoms with E-state index in [0.717, 1.165) is 6.42 Å². The SMILES string of the molecule is CCCOc1cccc(C(=O)NCc2cc(C(=O)O)c(C)o2)c1. The van der Waals surface area contributed by atoms with Gasteiger partial charge in [-0.25, -0.2) is 4.79 Å². The van der Waals surface area contributed by atoms with Gasteiger partial charge in [0.2, 0.25) is 0 Å². The number of furan rings is 1. The molecule has 6 heteroatoms. The van der Waals surface area contributed by atoms with Crippen LogP contribution in [-0.2, 0) is 6.54 Å². The van der Waals surface area contributed by atoms with Crippen LogP contribution in [0.4, 0.5) is 0 Å². The van der Waals surface area contributed by atoms with E-state index in [1.807, 2.05) is 6.92 Å². The summed E-state index contributed by atoms with van der Waals surface area (Å²) >= 11 is 0. The average Bonchev–Trinajstić information content (AvgIpc) is 2.92. The van der Waals surface area contributed by atoms with Crippen molar-refractivity contribution >= 4 is 11.9 Å². The van der Waals surface area contributed by atoms with Crippen molar-refractivity contribution in [3.05, 3.63) is 53.0 Å². The number of aromatic carboxylic acids is 1. The highest BCUT2D eigenvalue weighted by Crippen LogP contribution is 2.16. The zero-order valence-electron chi connectivity index (χ0n) is 13.1. The maximum atomic E-state index is 12.1. The topological polar surface area (TPSA) is 88.8 Å². The summed E-state index contributed by atoms with van der Waals surface area (Å²) in [6, 6.07) is 8.31. The Kier molecular flexibility index (Phi) is 5.41. The van der Waals surface area contributed by atoms with Gasteiger partial charge in [-0.1, -0.05) is 13.0 Å². The Labute approximate surface area is 134 Å². The van der Waals surface area contributed by atoms with Crippen LogP contribution >= 0.6 is 0 Å². The maximum Gasteiger partial charge on any atom is 0.339 e. The second-order valence-electron chi connectivity index (χ2n) is 5.05. The fourth-order valence-electron chi connectivity index (χ4n) is 2.06. The van der Waals surface area contributed by atoms with Crippen LogP contribution in [-0.4, -0.2) is 23.6 Å². The molecule has 2 rings (SSSR count). The van der Waals surface area contributed by atoms with Crippen molar-refractivity contribution < 1.29 is 23.8 Å². The summed E-state index contributed by atoms with van der Waals surface area (Å²) in [5, 5.41) is 11.7. The van der Waals surface area contributed by atoms with Gasteiger partial charge in [0.05, 0.1) is 13.2 Å². The molecule has 0 aliphatic rings. The van der Waals surface area contributed by atoms with Gasteiger partial charge in [-0.3, -0.25) is 4.79 Å². The molecule has 1 heterocycles. The third-order valence-electron chi connectivity index (χ3n) is 3.19. The van der Waals surface area contributed by atoms with Crippen LogP contribution < -0.4 is 10.1 Å². The minimum Gasteiger partial charge on any atom is -0.494 e. The van der Waals surface area contributed by atoms with E-state index in [1.54, 1.807) is 31.2 Å². The first-order chi connectivity index (χ1) is 11.0. The third-order valence-corrected chi connectivity index (χ3v) is 3.19. The van der Waals surface area contributed by atoms with E-state index in [-0.39, 0.29) is 18.0 Å². The monoisotopic (exact) mass is 317 g/mol. The van der Waals surface area contributed by atoms with Gasteiger partial charge in [-0.15, -0.1) is 0 Å². The van der Waals surface area contributed by atoms with E-state index in [0.29, 0.717) is 29.4 Å². The molecular weight excluding hydrogens is 298 g/mol. The highest BCUT2D eigenvalue weighted by molar-refractivity contribution is 5.94. The molecule has 0 atom stereocenters. The molecule has 6 nitrogen and oxygen atoms in total. The molecular formula is C17H19NO5. The molecule has 1 aromatic carbocycles. The number of carbonyl (C=O) groups is 2. The Bertz CT molecular complexity index is 705. The summed E-state index contributed by atoms with van der Waals surface area (Å²) in [6.45, 7) is 4.29. The zero-order valence-corrected chi connectivity index (χ0v) is 13.1. The molecule has 0 radical (unpaired) electrons. The molecule has 0 unspecified atom stereocenters. The van der Waals surface area contributed by atoms with Crippen LogP contribution in [0.3, 0.4) is 0 Å².